The Bertz CT molecular complexity index is 584. The quantitative estimate of drug-likeness (QED) is 0.509. The van der Waals surface area contributed by atoms with Gasteiger partial charge in [-0.3, -0.25) is 4.79 Å². The highest BCUT2D eigenvalue weighted by atomic mass is 16.1. The zero-order chi connectivity index (χ0) is 15.1. The summed E-state index contributed by atoms with van der Waals surface area (Å²) in [4.78, 5) is 12.4. The number of hydrogen-bond donors (Lipinski definition) is 0. The molecule has 0 spiro atoms. The summed E-state index contributed by atoms with van der Waals surface area (Å²) in [5, 5.41) is 0. The van der Waals surface area contributed by atoms with Crippen LogP contribution < -0.4 is 0 Å². The second-order valence-electron chi connectivity index (χ2n) is 5.45. The zero-order valence-corrected chi connectivity index (χ0v) is 12.6. The predicted molar refractivity (Wildman–Crippen MR) is 88.5 cm³/mol. The van der Waals surface area contributed by atoms with Gasteiger partial charge in [-0.15, -0.1) is 0 Å². The molecule has 0 aromatic heterocycles. The third-order valence-corrected chi connectivity index (χ3v) is 3.87. The number of Topliss-reactive ketones (excluding diaryl/α,β-unsaturated/α-hetero) is 1. The summed E-state index contributed by atoms with van der Waals surface area (Å²) in [7, 11) is 0. The average molecular weight is 278 g/mol. The molecule has 0 aliphatic rings. The van der Waals surface area contributed by atoms with Gasteiger partial charge in [-0.25, -0.2) is 0 Å². The fourth-order valence-electron chi connectivity index (χ4n) is 2.42. The molecule has 0 bridgehead atoms. The number of benzene rings is 2. The highest BCUT2D eigenvalue weighted by Gasteiger charge is 2.17. The predicted octanol–water partition coefficient (Wildman–Crippen LogP) is 5.08. The summed E-state index contributed by atoms with van der Waals surface area (Å²) >= 11 is 0. The molecule has 1 atom stereocenters. The first-order valence-corrected chi connectivity index (χ1v) is 7.49. The number of ketones is 1. The molecule has 108 valence electrons. The number of aryl methyl sites for hydroxylation is 1. The number of allylic oxidation sites excluding steroid dienone is 1. The van der Waals surface area contributed by atoms with Crippen molar-refractivity contribution in [2.75, 3.05) is 0 Å². The maximum Gasteiger partial charge on any atom is 0.169 e. The average Bonchev–Trinajstić information content (AvgIpc) is 2.55. The van der Waals surface area contributed by atoms with Crippen molar-refractivity contribution in [3.63, 3.8) is 0 Å². The van der Waals surface area contributed by atoms with Gasteiger partial charge in [0.2, 0.25) is 0 Å². The van der Waals surface area contributed by atoms with E-state index in [1.807, 2.05) is 43.3 Å². The van der Waals surface area contributed by atoms with Crippen LogP contribution in [-0.2, 0) is 6.42 Å². The Balaban J connectivity index is 1.84. The van der Waals surface area contributed by atoms with Gasteiger partial charge >= 0.3 is 0 Å². The fourth-order valence-corrected chi connectivity index (χ4v) is 2.42. The SMILES string of the molecule is C=C(CCCc1ccccc1)C(C)C(=O)c1ccccc1. The van der Waals surface area contributed by atoms with Gasteiger partial charge in [-0.1, -0.05) is 79.7 Å². The number of carbonyl (C=O) groups excluding carboxylic acids is 1. The lowest BCUT2D eigenvalue weighted by Crippen LogP contribution is -2.13. The largest absolute Gasteiger partial charge is 0.294 e. The maximum atomic E-state index is 12.4. The van der Waals surface area contributed by atoms with E-state index < -0.39 is 0 Å². The monoisotopic (exact) mass is 278 g/mol. The molecular formula is C20H22O. The lowest BCUT2D eigenvalue weighted by molar-refractivity contribution is 0.0946. The zero-order valence-electron chi connectivity index (χ0n) is 12.6. The van der Waals surface area contributed by atoms with Gasteiger partial charge in [0.15, 0.2) is 5.78 Å². The fraction of sp³-hybridized carbons (Fsp3) is 0.250. The molecule has 2 rings (SSSR count). The van der Waals surface area contributed by atoms with Crippen molar-refractivity contribution in [2.45, 2.75) is 26.2 Å². The van der Waals surface area contributed by atoms with Crippen LogP contribution in [0.2, 0.25) is 0 Å². The number of hydrogen-bond acceptors (Lipinski definition) is 1. The van der Waals surface area contributed by atoms with Crippen LogP contribution in [0.3, 0.4) is 0 Å². The Kier molecular flexibility index (Phi) is 5.51. The molecule has 0 aliphatic heterocycles. The van der Waals surface area contributed by atoms with Crippen LogP contribution in [0.25, 0.3) is 0 Å². The van der Waals surface area contributed by atoms with E-state index in [-0.39, 0.29) is 11.7 Å². The van der Waals surface area contributed by atoms with Crippen LogP contribution in [0.4, 0.5) is 0 Å². The number of carbonyl (C=O) groups is 1. The van der Waals surface area contributed by atoms with Gasteiger partial charge in [0.1, 0.15) is 0 Å². The molecule has 0 saturated heterocycles. The van der Waals surface area contributed by atoms with Gasteiger partial charge < -0.3 is 0 Å². The minimum atomic E-state index is -0.108. The molecule has 0 amide bonds. The Morgan fingerprint density at radius 2 is 1.57 bits per heavy atom. The van der Waals surface area contributed by atoms with E-state index in [0.29, 0.717) is 0 Å². The molecule has 0 radical (unpaired) electrons. The first-order chi connectivity index (χ1) is 10.2. The lowest BCUT2D eigenvalue weighted by atomic mass is 9.90. The summed E-state index contributed by atoms with van der Waals surface area (Å²) in [6, 6.07) is 19.9. The summed E-state index contributed by atoms with van der Waals surface area (Å²) < 4.78 is 0. The van der Waals surface area contributed by atoms with Crippen molar-refractivity contribution in [3.05, 3.63) is 83.9 Å². The minimum Gasteiger partial charge on any atom is -0.294 e. The maximum absolute atomic E-state index is 12.4. The minimum absolute atomic E-state index is 0.108. The highest BCUT2D eigenvalue weighted by Crippen LogP contribution is 2.20. The van der Waals surface area contributed by atoms with Crippen LogP contribution in [-0.4, -0.2) is 5.78 Å². The van der Waals surface area contributed by atoms with Gasteiger partial charge in [0.05, 0.1) is 0 Å². The van der Waals surface area contributed by atoms with Crippen molar-refractivity contribution in [2.24, 2.45) is 5.92 Å². The van der Waals surface area contributed by atoms with Crippen LogP contribution in [0.15, 0.2) is 72.8 Å². The summed E-state index contributed by atoms with van der Waals surface area (Å²) in [5.74, 6) is 0.0588. The van der Waals surface area contributed by atoms with Gasteiger partial charge in [0, 0.05) is 11.5 Å². The number of rotatable bonds is 7. The molecule has 1 nitrogen and oxygen atoms in total. The molecule has 1 unspecified atom stereocenters. The third kappa shape index (κ3) is 4.42. The lowest BCUT2D eigenvalue weighted by Gasteiger charge is -2.14. The third-order valence-electron chi connectivity index (χ3n) is 3.87. The van der Waals surface area contributed by atoms with Crippen molar-refractivity contribution in [1.82, 2.24) is 0 Å². The first kappa shape index (κ1) is 15.2. The standard InChI is InChI=1S/C20H22O/c1-16(10-9-13-18-11-5-3-6-12-18)17(2)20(21)19-14-7-4-8-15-19/h3-8,11-12,14-15,17H,1,9-10,13H2,2H3. The van der Waals surface area contributed by atoms with E-state index in [9.17, 15) is 4.79 Å². The van der Waals surface area contributed by atoms with Crippen molar-refractivity contribution < 1.29 is 4.79 Å². The van der Waals surface area contributed by atoms with Crippen molar-refractivity contribution in [1.29, 1.82) is 0 Å². The molecule has 0 saturated carbocycles. The van der Waals surface area contributed by atoms with E-state index in [1.54, 1.807) is 0 Å². The summed E-state index contributed by atoms with van der Waals surface area (Å²) in [6.07, 6.45) is 2.97. The van der Waals surface area contributed by atoms with Crippen LogP contribution in [0, 0.1) is 5.92 Å². The Labute approximate surface area is 127 Å². The highest BCUT2D eigenvalue weighted by molar-refractivity contribution is 5.99. The molecular weight excluding hydrogens is 256 g/mol. The molecule has 21 heavy (non-hydrogen) atoms. The van der Waals surface area contributed by atoms with Crippen LogP contribution >= 0.6 is 0 Å². The normalized spacial score (nSPS) is 11.9. The molecule has 0 fully saturated rings. The van der Waals surface area contributed by atoms with E-state index in [4.69, 9.17) is 0 Å². The second kappa shape index (κ2) is 7.58. The Morgan fingerprint density at radius 3 is 2.19 bits per heavy atom. The van der Waals surface area contributed by atoms with E-state index in [0.717, 1.165) is 30.4 Å². The Hall–Kier alpha value is -2.15. The van der Waals surface area contributed by atoms with E-state index in [2.05, 4.69) is 30.8 Å². The second-order valence-corrected chi connectivity index (χ2v) is 5.45. The summed E-state index contributed by atoms with van der Waals surface area (Å²) in [6.45, 7) is 6.07. The van der Waals surface area contributed by atoms with Gasteiger partial charge in [-0.05, 0) is 24.8 Å². The molecule has 2 aromatic carbocycles. The smallest absolute Gasteiger partial charge is 0.169 e. The molecule has 2 aromatic rings. The first-order valence-electron chi connectivity index (χ1n) is 7.49. The van der Waals surface area contributed by atoms with Crippen molar-refractivity contribution >= 4 is 5.78 Å². The van der Waals surface area contributed by atoms with Crippen LogP contribution in [0.5, 0.6) is 0 Å². The van der Waals surface area contributed by atoms with Crippen molar-refractivity contribution in [3.8, 4) is 0 Å². The molecule has 0 heterocycles. The van der Waals surface area contributed by atoms with Gasteiger partial charge in [0.25, 0.3) is 0 Å². The molecule has 0 aliphatic carbocycles. The topological polar surface area (TPSA) is 17.1 Å². The Morgan fingerprint density at radius 1 is 1.00 bits per heavy atom. The molecule has 0 N–H and O–H groups in total. The van der Waals surface area contributed by atoms with E-state index >= 15 is 0 Å². The van der Waals surface area contributed by atoms with E-state index in [1.165, 1.54) is 5.56 Å². The van der Waals surface area contributed by atoms with Gasteiger partial charge in [-0.2, -0.15) is 0 Å². The summed E-state index contributed by atoms with van der Waals surface area (Å²) in [5.41, 5.74) is 3.14. The molecule has 1 heteroatoms. The van der Waals surface area contributed by atoms with Crippen LogP contribution in [0.1, 0.15) is 35.7 Å².